The van der Waals surface area contributed by atoms with Crippen LogP contribution in [0.4, 0.5) is 0 Å². The summed E-state index contributed by atoms with van der Waals surface area (Å²) in [5.41, 5.74) is 1.34. The number of likely N-dealkylation sites (tertiary alicyclic amines) is 1. The van der Waals surface area contributed by atoms with Gasteiger partial charge in [-0.15, -0.1) is 0 Å². The Balaban J connectivity index is 1.64. The largest absolute Gasteiger partial charge is 0.393 e. The first-order valence-corrected chi connectivity index (χ1v) is 9.24. The standard InChI is InChI=1S/C19H32N4O/c1-2-20-19(22-13-9-17-7-4-3-5-8-17)21-12-6-14-23-15-10-18(24)11-16-23/h3-5,7-8,18,24H,2,6,9-16H2,1H3,(H2,20,21,22). The SMILES string of the molecule is CCNC(=NCCCN1CCC(O)CC1)NCCc1ccccc1. The maximum atomic E-state index is 9.53. The fourth-order valence-electron chi connectivity index (χ4n) is 2.94. The van der Waals surface area contributed by atoms with Gasteiger partial charge in [0.05, 0.1) is 6.10 Å². The van der Waals surface area contributed by atoms with E-state index in [0.29, 0.717) is 0 Å². The Bertz CT molecular complexity index is 470. The molecule has 1 aliphatic heterocycles. The smallest absolute Gasteiger partial charge is 0.191 e. The van der Waals surface area contributed by atoms with Gasteiger partial charge in [-0.25, -0.2) is 0 Å². The lowest BCUT2D eigenvalue weighted by atomic mass is 10.1. The molecule has 0 radical (unpaired) electrons. The van der Waals surface area contributed by atoms with Crippen molar-refractivity contribution in [2.45, 2.75) is 38.7 Å². The molecule has 0 aromatic heterocycles. The highest BCUT2D eigenvalue weighted by molar-refractivity contribution is 5.79. The molecule has 0 unspecified atom stereocenters. The summed E-state index contributed by atoms with van der Waals surface area (Å²) in [6, 6.07) is 10.5. The molecule has 0 bridgehead atoms. The molecule has 1 aromatic carbocycles. The highest BCUT2D eigenvalue weighted by Gasteiger charge is 2.15. The highest BCUT2D eigenvalue weighted by Crippen LogP contribution is 2.09. The molecular formula is C19H32N4O. The van der Waals surface area contributed by atoms with Crippen molar-refractivity contribution in [3.05, 3.63) is 35.9 Å². The van der Waals surface area contributed by atoms with Crippen LogP contribution >= 0.6 is 0 Å². The van der Waals surface area contributed by atoms with Crippen LogP contribution in [0, 0.1) is 0 Å². The molecule has 5 nitrogen and oxygen atoms in total. The first-order valence-electron chi connectivity index (χ1n) is 9.24. The molecule has 1 aliphatic rings. The lowest BCUT2D eigenvalue weighted by Crippen LogP contribution is -2.39. The molecule has 1 heterocycles. The number of benzene rings is 1. The minimum Gasteiger partial charge on any atom is -0.393 e. The molecular weight excluding hydrogens is 300 g/mol. The van der Waals surface area contributed by atoms with Gasteiger partial charge in [-0.3, -0.25) is 4.99 Å². The van der Waals surface area contributed by atoms with Crippen LogP contribution < -0.4 is 10.6 Å². The quantitative estimate of drug-likeness (QED) is 0.385. The maximum absolute atomic E-state index is 9.53. The summed E-state index contributed by atoms with van der Waals surface area (Å²) >= 11 is 0. The van der Waals surface area contributed by atoms with Crippen molar-refractivity contribution in [3.63, 3.8) is 0 Å². The second-order valence-electron chi connectivity index (χ2n) is 6.35. The van der Waals surface area contributed by atoms with Crippen molar-refractivity contribution in [1.29, 1.82) is 0 Å². The average Bonchev–Trinajstić information content (AvgIpc) is 2.61. The third-order valence-corrected chi connectivity index (χ3v) is 4.35. The molecule has 0 amide bonds. The normalized spacial score (nSPS) is 17.0. The maximum Gasteiger partial charge on any atom is 0.191 e. The predicted molar refractivity (Wildman–Crippen MR) is 100 cm³/mol. The fraction of sp³-hybridized carbons (Fsp3) is 0.632. The molecule has 1 aromatic rings. The van der Waals surface area contributed by atoms with Gasteiger partial charge in [-0.2, -0.15) is 0 Å². The number of aliphatic hydroxyl groups is 1. The first-order chi connectivity index (χ1) is 11.8. The number of guanidine groups is 1. The zero-order valence-electron chi connectivity index (χ0n) is 14.9. The minimum atomic E-state index is -0.0894. The zero-order valence-corrected chi connectivity index (χ0v) is 14.9. The summed E-state index contributed by atoms with van der Waals surface area (Å²) in [4.78, 5) is 7.09. The number of hydrogen-bond donors (Lipinski definition) is 3. The van der Waals surface area contributed by atoms with Crippen LogP contribution in [0.15, 0.2) is 35.3 Å². The van der Waals surface area contributed by atoms with Crippen LogP contribution in [0.5, 0.6) is 0 Å². The number of rotatable bonds is 8. The average molecular weight is 332 g/mol. The van der Waals surface area contributed by atoms with Crippen molar-refractivity contribution < 1.29 is 5.11 Å². The molecule has 0 saturated carbocycles. The molecule has 0 atom stereocenters. The molecule has 134 valence electrons. The second kappa shape index (κ2) is 11.0. The van der Waals surface area contributed by atoms with Crippen molar-refractivity contribution in [1.82, 2.24) is 15.5 Å². The lowest BCUT2D eigenvalue weighted by Gasteiger charge is -2.29. The van der Waals surface area contributed by atoms with E-state index in [1.807, 2.05) is 6.07 Å². The van der Waals surface area contributed by atoms with Gasteiger partial charge >= 0.3 is 0 Å². The lowest BCUT2D eigenvalue weighted by molar-refractivity contribution is 0.0824. The number of hydrogen-bond acceptors (Lipinski definition) is 3. The Morgan fingerprint density at radius 3 is 2.67 bits per heavy atom. The molecule has 24 heavy (non-hydrogen) atoms. The fourth-order valence-corrected chi connectivity index (χ4v) is 2.94. The van der Waals surface area contributed by atoms with E-state index in [4.69, 9.17) is 0 Å². The Labute approximate surface area is 146 Å². The monoisotopic (exact) mass is 332 g/mol. The predicted octanol–water partition coefficient (Wildman–Crippen LogP) is 1.63. The van der Waals surface area contributed by atoms with Gasteiger partial charge in [0.25, 0.3) is 0 Å². The van der Waals surface area contributed by atoms with Crippen LogP contribution in [-0.2, 0) is 6.42 Å². The van der Waals surface area contributed by atoms with E-state index >= 15 is 0 Å². The van der Waals surface area contributed by atoms with Gasteiger partial charge < -0.3 is 20.6 Å². The molecule has 0 spiro atoms. The number of aliphatic hydroxyl groups excluding tert-OH is 1. The third kappa shape index (κ3) is 7.32. The van der Waals surface area contributed by atoms with E-state index in [2.05, 4.69) is 51.7 Å². The minimum absolute atomic E-state index is 0.0894. The summed E-state index contributed by atoms with van der Waals surface area (Å²) in [7, 11) is 0. The van der Waals surface area contributed by atoms with E-state index in [0.717, 1.165) is 70.9 Å². The Morgan fingerprint density at radius 1 is 1.21 bits per heavy atom. The molecule has 0 aliphatic carbocycles. The first kappa shape index (κ1) is 18.7. The highest BCUT2D eigenvalue weighted by atomic mass is 16.3. The van der Waals surface area contributed by atoms with E-state index in [1.165, 1.54) is 5.56 Å². The Morgan fingerprint density at radius 2 is 1.96 bits per heavy atom. The van der Waals surface area contributed by atoms with E-state index < -0.39 is 0 Å². The van der Waals surface area contributed by atoms with Gasteiger partial charge in [0.1, 0.15) is 0 Å². The second-order valence-corrected chi connectivity index (χ2v) is 6.35. The summed E-state index contributed by atoms with van der Waals surface area (Å²) in [5.74, 6) is 0.905. The van der Waals surface area contributed by atoms with Crippen molar-refractivity contribution >= 4 is 5.96 Å². The van der Waals surface area contributed by atoms with Gasteiger partial charge in [0, 0.05) is 32.7 Å². The van der Waals surface area contributed by atoms with Crippen LogP contribution in [0.3, 0.4) is 0 Å². The third-order valence-electron chi connectivity index (χ3n) is 4.35. The topological polar surface area (TPSA) is 59.9 Å². The van der Waals surface area contributed by atoms with Crippen LogP contribution in [0.25, 0.3) is 0 Å². The molecule has 1 fully saturated rings. The van der Waals surface area contributed by atoms with Crippen LogP contribution in [-0.4, -0.2) is 61.3 Å². The van der Waals surface area contributed by atoms with Gasteiger partial charge in [-0.1, -0.05) is 30.3 Å². The number of aliphatic imine (C=N–C) groups is 1. The van der Waals surface area contributed by atoms with Crippen molar-refractivity contribution in [3.8, 4) is 0 Å². The summed E-state index contributed by atoms with van der Waals surface area (Å²) in [5, 5.41) is 16.2. The van der Waals surface area contributed by atoms with Gasteiger partial charge in [0.15, 0.2) is 5.96 Å². The van der Waals surface area contributed by atoms with Crippen molar-refractivity contribution in [2.24, 2.45) is 4.99 Å². The summed E-state index contributed by atoms with van der Waals surface area (Å²) in [6.45, 7) is 7.79. The van der Waals surface area contributed by atoms with E-state index in [-0.39, 0.29) is 6.10 Å². The van der Waals surface area contributed by atoms with E-state index in [1.54, 1.807) is 0 Å². The summed E-state index contributed by atoms with van der Waals surface area (Å²) in [6.07, 6.45) is 3.79. The molecule has 1 saturated heterocycles. The van der Waals surface area contributed by atoms with Gasteiger partial charge in [0.2, 0.25) is 0 Å². The summed E-state index contributed by atoms with van der Waals surface area (Å²) < 4.78 is 0. The molecule has 5 heteroatoms. The molecule has 2 rings (SSSR count). The van der Waals surface area contributed by atoms with Crippen molar-refractivity contribution in [2.75, 3.05) is 39.3 Å². The number of piperidine rings is 1. The van der Waals surface area contributed by atoms with Gasteiger partial charge in [-0.05, 0) is 44.7 Å². The Kier molecular flexibility index (Phi) is 8.63. The zero-order chi connectivity index (χ0) is 17.0. The number of nitrogens with zero attached hydrogens (tertiary/aromatic N) is 2. The van der Waals surface area contributed by atoms with E-state index in [9.17, 15) is 5.11 Å². The Hall–Kier alpha value is -1.59. The van der Waals surface area contributed by atoms with Crippen LogP contribution in [0.2, 0.25) is 0 Å². The van der Waals surface area contributed by atoms with Crippen LogP contribution in [0.1, 0.15) is 31.7 Å². The molecule has 3 N–H and O–H groups in total. The number of nitrogens with one attached hydrogen (secondary N) is 2.